The van der Waals surface area contributed by atoms with E-state index in [1.165, 1.54) is 0 Å². The molecule has 0 saturated carbocycles. The summed E-state index contributed by atoms with van der Waals surface area (Å²) in [4.78, 5) is 17.4. The lowest BCUT2D eigenvalue weighted by Crippen LogP contribution is -2.16. The van der Waals surface area contributed by atoms with Crippen LogP contribution in [0.2, 0.25) is 0 Å². The summed E-state index contributed by atoms with van der Waals surface area (Å²) in [6, 6.07) is 2.34. The van der Waals surface area contributed by atoms with E-state index in [1.54, 1.807) is 4.98 Å². The van der Waals surface area contributed by atoms with Crippen LogP contribution in [0.3, 0.4) is 0 Å². The Morgan fingerprint density at radius 3 is 1.93 bits per heavy atom. The molecule has 2 N–H and O–H groups in total. The van der Waals surface area contributed by atoms with E-state index in [1.807, 2.05) is 0 Å². The van der Waals surface area contributed by atoms with Crippen molar-refractivity contribution in [3.8, 4) is 0 Å². The minimum Gasteiger partial charge on any atom is -0.351 e. The molecule has 3 rings (SSSR count). The number of pyridine rings is 2. The molecule has 3 aromatic rings. The fourth-order valence-corrected chi connectivity index (χ4v) is 2.58. The van der Waals surface area contributed by atoms with Gasteiger partial charge in [0.15, 0.2) is 5.43 Å². The van der Waals surface area contributed by atoms with Gasteiger partial charge in [0, 0.05) is 12.3 Å². The van der Waals surface area contributed by atoms with Crippen molar-refractivity contribution in [1.82, 2.24) is 9.97 Å². The zero-order chi connectivity index (χ0) is 22.5. The van der Waals surface area contributed by atoms with Crippen LogP contribution in [0.1, 0.15) is 16.8 Å². The standard InChI is InChI=1S/C17H8F9N3O/c18-15(19,20)7-1-2-13(27-6-7)29-10-4-8(16(21,22)23)3-9-14(10)11(30)5-12(28-9)17(24,25)26/h1-6H,(H,27,29)(H,28,30). The van der Waals surface area contributed by atoms with E-state index in [0.717, 1.165) is 6.07 Å². The number of rotatable bonds is 2. The van der Waals surface area contributed by atoms with Gasteiger partial charge in [0.25, 0.3) is 0 Å². The second kappa shape index (κ2) is 6.92. The second-order valence-corrected chi connectivity index (χ2v) is 6.04. The molecular weight excluding hydrogens is 433 g/mol. The van der Waals surface area contributed by atoms with Crippen LogP contribution >= 0.6 is 0 Å². The van der Waals surface area contributed by atoms with Crippen LogP contribution < -0.4 is 10.7 Å². The predicted molar refractivity (Wildman–Crippen MR) is 87.1 cm³/mol. The quantitative estimate of drug-likeness (QED) is 0.500. The van der Waals surface area contributed by atoms with E-state index < -0.39 is 57.4 Å². The number of halogens is 9. The molecule has 13 heteroatoms. The summed E-state index contributed by atoms with van der Waals surface area (Å²) in [5.74, 6) is -0.358. The lowest BCUT2D eigenvalue weighted by molar-refractivity contribution is -0.141. The number of aromatic nitrogens is 2. The number of benzene rings is 1. The highest BCUT2D eigenvalue weighted by Gasteiger charge is 2.35. The number of hydrogen-bond donors (Lipinski definition) is 2. The SMILES string of the molecule is O=c1cc(C(F)(F)F)[nH]c2cc(C(F)(F)F)cc(Nc3ccc(C(F)(F)F)cn3)c12. The highest BCUT2D eigenvalue weighted by atomic mass is 19.4. The predicted octanol–water partition coefficient (Wildman–Crippen LogP) is 5.72. The van der Waals surface area contributed by atoms with Crippen molar-refractivity contribution in [3.63, 3.8) is 0 Å². The summed E-state index contributed by atoms with van der Waals surface area (Å²) in [5.41, 5.74) is -6.67. The maximum absolute atomic E-state index is 13.2. The van der Waals surface area contributed by atoms with Crippen molar-refractivity contribution in [2.45, 2.75) is 18.5 Å². The highest BCUT2D eigenvalue weighted by Crippen LogP contribution is 2.36. The van der Waals surface area contributed by atoms with E-state index in [4.69, 9.17) is 0 Å². The van der Waals surface area contributed by atoms with Gasteiger partial charge in [-0.15, -0.1) is 0 Å². The molecule has 1 aromatic carbocycles. The number of nitrogens with one attached hydrogen (secondary N) is 2. The molecule has 0 aliphatic rings. The third-order valence-corrected chi connectivity index (χ3v) is 3.92. The van der Waals surface area contributed by atoms with Gasteiger partial charge < -0.3 is 10.3 Å². The molecule has 0 bridgehead atoms. The van der Waals surface area contributed by atoms with Crippen molar-refractivity contribution in [3.05, 3.63) is 63.6 Å². The molecular formula is C17H8F9N3O. The Hall–Kier alpha value is -3.25. The van der Waals surface area contributed by atoms with Crippen LogP contribution in [-0.4, -0.2) is 9.97 Å². The lowest BCUT2D eigenvalue weighted by atomic mass is 10.1. The minimum atomic E-state index is -5.02. The number of anilines is 2. The Kier molecular flexibility index (Phi) is 4.95. The van der Waals surface area contributed by atoms with Crippen LogP contribution in [-0.2, 0) is 18.5 Å². The first-order chi connectivity index (χ1) is 13.7. The smallest absolute Gasteiger partial charge is 0.351 e. The zero-order valence-corrected chi connectivity index (χ0v) is 14.2. The molecule has 0 aliphatic carbocycles. The summed E-state index contributed by atoms with van der Waals surface area (Å²) in [6.07, 6.45) is -14.3. The third-order valence-electron chi connectivity index (χ3n) is 3.92. The Labute approximate surface area is 160 Å². The first-order valence-electron chi connectivity index (χ1n) is 7.82. The number of fused-ring (bicyclic) bond motifs is 1. The molecule has 2 heterocycles. The largest absolute Gasteiger partial charge is 0.431 e. The van der Waals surface area contributed by atoms with E-state index in [0.29, 0.717) is 24.4 Å². The topological polar surface area (TPSA) is 57.8 Å². The Bertz CT molecular complexity index is 1140. The van der Waals surface area contributed by atoms with Gasteiger partial charge in [-0.05, 0) is 24.3 Å². The van der Waals surface area contributed by atoms with E-state index >= 15 is 0 Å². The van der Waals surface area contributed by atoms with E-state index in [2.05, 4.69) is 10.3 Å². The molecule has 4 nitrogen and oxygen atoms in total. The van der Waals surface area contributed by atoms with Gasteiger partial charge in [0.1, 0.15) is 11.5 Å². The maximum atomic E-state index is 13.2. The van der Waals surface area contributed by atoms with E-state index in [9.17, 15) is 44.3 Å². The third kappa shape index (κ3) is 4.33. The number of nitrogens with zero attached hydrogens (tertiary/aromatic N) is 1. The molecule has 0 atom stereocenters. The van der Waals surface area contributed by atoms with Crippen LogP contribution in [0.4, 0.5) is 51.0 Å². The Morgan fingerprint density at radius 2 is 1.43 bits per heavy atom. The molecule has 30 heavy (non-hydrogen) atoms. The number of H-pyrrole nitrogens is 1. The van der Waals surface area contributed by atoms with Crippen LogP contribution in [0, 0.1) is 0 Å². The zero-order valence-electron chi connectivity index (χ0n) is 14.2. The number of alkyl halides is 9. The summed E-state index contributed by atoms with van der Waals surface area (Å²) in [6.45, 7) is 0. The average Bonchev–Trinajstić information content (AvgIpc) is 2.59. The van der Waals surface area contributed by atoms with E-state index in [-0.39, 0.29) is 11.9 Å². The molecule has 0 amide bonds. The van der Waals surface area contributed by atoms with Crippen molar-refractivity contribution in [2.75, 3.05) is 5.32 Å². The molecule has 0 radical (unpaired) electrons. The Morgan fingerprint density at radius 1 is 0.800 bits per heavy atom. The molecule has 0 saturated heterocycles. The average molecular weight is 441 g/mol. The molecule has 0 unspecified atom stereocenters. The molecule has 2 aromatic heterocycles. The van der Waals surface area contributed by atoms with Crippen molar-refractivity contribution in [2.24, 2.45) is 0 Å². The van der Waals surface area contributed by atoms with Crippen LogP contribution in [0.15, 0.2) is 41.3 Å². The van der Waals surface area contributed by atoms with Crippen molar-refractivity contribution >= 4 is 22.4 Å². The fourth-order valence-electron chi connectivity index (χ4n) is 2.58. The van der Waals surface area contributed by atoms with Crippen molar-refractivity contribution in [1.29, 1.82) is 0 Å². The molecule has 0 spiro atoms. The van der Waals surface area contributed by atoms with Gasteiger partial charge in [-0.3, -0.25) is 4.79 Å². The van der Waals surface area contributed by atoms with Gasteiger partial charge >= 0.3 is 18.5 Å². The molecule has 0 aliphatic heterocycles. The summed E-state index contributed by atoms with van der Waals surface area (Å²) < 4.78 is 116. The second-order valence-electron chi connectivity index (χ2n) is 6.04. The fraction of sp³-hybridized carbons (Fsp3) is 0.176. The van der Waals surface area contributed by atoms with Gasteiger partial charge in [-0.1, -0.05) is 0 Å². The summed E-state index contributed by atoms with van der Waals surface area (Å²) in [5, 5.41) is 1.70. The number of aromatic amines is 1. The number of hydrogen-bond acceptors (Lipinski definition) is 3. The summed E-state index contributed by atoms with van der Waals surface area (Å²) >= 11 is 0. The van der Waals surface area contributed by atoms with Gasteiger partial charge in [0.05, 0.1) is 27.7 Å². The van der Waals surface area contributed by atoms with Crippen LogP contribution in [0.25, 0.3) is 10.9 Å². The summed E-state index contributed by atoms with van der Waals surface area (Å²) in [7, 11) is 0. The van der Waals surface area contributed by atoms with Gasteiger partial charge in [0.2, 0.25) is 0 Å². The molecule has 160 valence electrons. The first kappa shape index (κ1) is 21.5. The van der Waals surface area contributed by atoms with Crippen LogP contribution in [0.5, 0.6) is 0 Å². The maximum Gasteiger partial charge on any atom is 0.431 e. The minimum absolute atomic E-state index is 0.168. The first-order valence-corrected chi connectivity index (χ1v) is 7.82. The lowest BCUT2D eigenvalue weighted by Gasteiger charge is -2.15. The van der Waals surface area contributed by atoms with Crippen molar-refractivity contribution < 1.29 is 39.5 Å². The highest BCUT2D eigenvalue weighted by molar-refractivity contribution is 5.93. The van der Waals surface area contributed by atoms with Gasteiger partial charge in [-0.2, -0.15) is 39.5 Å². The van der Waals surface area contributed by atoms with Gasteiger partial charge in [-0.25, -0.2) is 4.98 Å². The monoisotopic (exact) mass is 441 g/mol. The normalized spacial score (nSPS) is 13.0. The molecule has 0 fully saturated rings. The Balaban J connectivity index is 2.18.